The summed E-state index contributed by atoms with van der Waals surface area (Å²) < 4.78 is 25.5. The van der Waals surface area contributed by atoms with Crippen LogP contribution in [0.4, 0.5) is 0 Å². The van der Waals surface area contributed by atoms with E-state index >= 15 is 0 Å². The normalized spacial score (nSPS) is 25.5. The van der Waals surface area contributed by atoms with E-state index in [0.29, 0.717) is 12.5 Å². The van der Waals surface area contributed by atoms with Crippen molar-refractivity contribution in [3.63, 3.8) is 0 Å². The summed E-state index contributed by atoms with van der Waals surface area (Å²) in [6.07, 6.45) is 2.44. The van der Waals surface area contributed by atoms with Crippen molar-refractivity contribution in [2.24, 2.45) is 16.7 Å². The highest BCUT2D eigenvalue weighted by Gasteiger charge is 2.58. The second kappa shape index (κ2) is 6.99. The van der Waals surface area contributed by atoms with Crippen LogP contribution >= 0.6 is 0 Å². The zero-order valence-corrected chi connectivity index (χ0v) is 14.0. The SMILES string of the molecule is C.C.C.CC(C)(C)N(C[C@H]1C[C@@]1(C)C(C)(C)C)S(C)(=O)=O. The summed E-state index contributed by atoms with van der Waals surface area (Å²) >= 11 is 0. The summed E-state index contributed by atoms with van der Waals surface area (Å²) in [7, 11) is -3.14. The van der Waals surface area contributed by atoms with Gasteiger partial charge in [-0.2, -0.15) is 4.31 Å². The van der Waals surface area contributed by atoms with Gasteiger partial charge in [0, 0.05) is 12.1 Å². The molecule has 1 fully saturated rings. The van der Waals surface area contributed by atoms with E-state index in [4.69, 9.17) is 0 Å². The van der Waals surface area contributed by atoms with Gasteiger partial charge in [0.2, 0.25) is 10.0 Å². The first-order valence-electron chi connectivity index (χ1n) is 6.67. The Kier molecular flexibility index (Phi) is 8.60. The molecule has 21 heavy (non-hydrogen) atoms. The van der Waals surface area contributed by atoms with Gasteiger partial charge in [0.25, 0.3) is 0 Å². The van der Waals surface area contributed by atoms with Gasteiger partial charge in [0.1, 0.15) is 0 Å². The topological polar surface area (TPSA) is 37.4 Å². The largest absolute Gasteiger partial charge is 0.212 e. The van der Waals surface area contributed by atoms with E-state index in [-0.39, 0.29) is 38.6 Å². The highest BCUT2D eigenvalue weighted by molar-refractivity contribution is 7.88. The number of hydrogen-bond acceptors (Lipinski definition) is 2. The molecule has 0 saturated heterocycles. The highest BCUT2D eigenvalue weighted by Crippen LogP contribution is 2.63. The Balaban J connectivity index is -0.00000108. The van der Waals surface area contributed by atoms with E-state index in [1.54, 1.807) is 4.31 Å². The van der Waals surface area contributed by atoms with Crippen molar-refractivity contribution in [1.29, 1.82) is 0 Å². The van der Waals surface area contributed by atoms with Crippen LogP contribution in [0.3, 0.4) is 0 Å². The first-order valence-corrected chi connectivity index (χ1v) is 8.52. The first-order chi connectivity index (χ1) is 7.69. The minimum Gasteiger partial charge on any atom is -0.212 e. The lowest BCUT2D eigenvalue weighted by Crippen LogP contribution is -2.46. The molecule has 0 N–H and O–H groups in total. The van der Waals surface area contributed by atoms with Gasteiger partial charge >= 0.3 is 0 Å². The van der Waals surface area contributed by atoms with Gasteiger partial charge in [-0.05, 0) is 43.9 Å². The van der Waals surface area contributed by atoms with Crippen LogP contribution in [-0.2, 0) is 10.0 Å². The van der Waals surface area contributed by atoms with Crippen molar-refractivity contribution in [1.82, 2.24) is 4.31 Å². The third-order valence-electron chi connectivity index (χ3n) is 4.66. The second-order valence-corrected chi connectivity index (χ2v) is 9.94. The molecule has 1 rings (SSSR count). The Hall–Kier alpha value is -0.0900. The predicted octanol–water partition coefficient (Wildman–Crippen LogP) is 5.03. The van der Waals surface area contributed by atoms with Crippen LogP contribution < -0.4 is 0 Å². The van der Waals surface area contributed by atoms with Crippen LogP contribution in [0, 0.1) is 16.7 Å². The maximum Gasteiger partial charge on any atom is 0.211 e. The maximum atomic E-state index is 11.9. The Labute approximate surface area is 135 Å². The van der Waals surface area contributed by atoms with Gasteiger partial charge in [0.15, 0.2) is 0 Å². The first kappa shape index (κ1) is 25.8. The van der Waals surface area contributed by atoms with E-state index in [9.17, 15) is 8.42 Å². The van der Waals surface area contributed by atoms with Crippen LogP contribution in [-0.4, -0.2) is 31.1 Å². The Morgan fingerprint density at radius 3 is 1.62 bits per heavy atom. The van der Waals surface area contributed by atoms with Gasteiger partial charge in [-0.15, -0.1) is 0 Å². The van der Waals surface area contributed by atoms with Gasteiger partial charge in [-0.25, -0.2) is 8.42 Å². The molecule has 0 spiro atoms. The molecule has 0 aromatic heterocycles. The molecule has 0 aromatic carbocycles. The second-order valence-electron chi connectivity index (χ2n) is 8.03. The van der Waals surface area contributed by atoms with Crippen molar-refractivity contribution < 1.29 is 8.42 Å². The molecule has 0 unspecified atom stereocenters. The van der Waals surface area contributed by atoms with Crippen LogP contribution in [0.2, 0.25) is 0 Å². The van der Waals surface area contributed by atoms with E-state index < -0.39 is 10.0 Å². The fourth-order valence-corrected chi connectivity index (χ4v) is 4.19. The molecule has 1 aliphatic rings. The van der Waals surface area contributed by atoms with Crippen molar-refractivity contribution >= 4 is 10.0 Å². The Bertz CT molecular complexity index is 415. The van der Waals surface area contributed by atoms with Crippen LogP contribution in [0.1, 0.15) is 77.2 Å². The van der Waals surface area contributed by atoms with Crippen molar-refractivity contribution in [3.05, 3.63) is 0 Å². The minimum absolute atomic E-state index is 0. The molecule has 0 aromatic rings. The van der Waals surface area contributed by atoms with Crippen molar-refractivity contribution in [2.45, 2.75) is 82.7 Å². The average molecular weight is 324 g/mol. The molecule has 0 aliphatic heterocycles. The van der Waals surface area contributed by atoms with E-state index in [2.05, 4.69) is 27.7 Å². The highest BCUT2D eigenvalue weighted by atomic mass is 32.2. The molecular weight excluding hydrogens is 282 g/mol. The molecule has 0 radical (unpaired) electrons. The monoisotopic (exact) mass is 323 g/mol. The number of hydrogen-bond donors (Lipinski definition) is 0. The van der Waals surface area contributed by atoms with Gasteiger partial charge in [-0.3, -0.25) is 0 Å². The quantitative estimate of drug-likeness (QED) is 0.730. The molecular formula is C17H41NO2S. The van der Waals surface area contributed by atoms with Gasteiger partial charge in [0.05, 0.1) is 6.26 Å². The lowest BCUT2D eigenvalue weighted by molar-refractivity contribution is 0.179. The zero-order valence-electron chi connectivity index (χ0n) is 13.2. The molecule has 0 bridgehead atoms. The molecule has 1 aliphatic carbocycles. The summed E-state index contributed by atoms with van der Waals surface area (Å²) in [5, 5.41) is 0. The summed E-state index contributed by atoms with van der Waals surface area (Å²) in [5.41, 5.74) is 0.162. The maximum absolute atomic E-state index is 11.9. The van der Waals surface area contributed by atoms with Crippen LogP contribution in [0.25, 0.3) is 0 Å². The number of rotatable bonds is 3. The number of sulfonamides is 1. The zero-order chi connectivity index (χ0) is 14.6. The Morgan fingerprint density at radius 2 is 1.43 bits per heavy atom. The van der Waals surface area contributed by atoms with Gasteiger partial charge in [-0.1, -0.05) is 50.0 Å². The van der Waals surface area contributed by atoms with Crippen LogP contribution in [0.15, 0.2) is 0 Å². The average Bonchev–Trinajstić information content (AvgIpc) is 2.69. The molecule has 132 valence electrons. The molecule has 4 heteroatoms. The summed E-state index contributed by atoms with van der Waals surface area (Å²) in [5.74, 6) is 0.478. The minimum atomic E-state index is -3.14. The summed E-state index contributed by atoms with van der Waals surface area (Å²) in [6, 6.07) is 0. The predicted molar refractivity (Wildman–Crippen MR) is 97.2 cm³/mol. The number of nitrogens with zero attached hydrogens (tertiary/aromatic N) is 1. The molecule has 2 atom stereocenters. The van der Waals surface area contributed by atoms with E-state index in [0.717, 1.165) is 6.42 Å². The lowest BCUT2D eigenvalue weighted by atomic mass is 9.77. The van der Waals surface area contributed by atoms with Crippen LogP contribution in [0.5, 0.6) is 0 Å². The smallest absolute Gasteiger partial charge is 0.211 e. The summed E-state index contributed by atoms with van der Waals surface area (Å²) in [4.78, 5) is 0. The van der Waals surface area contributed by atoms with Crippen molar-refractivity contribution in [3.8, 4) is 0 Å². The van der Waals surface area contributed by atoms with Gasteiger partial charge < -0.3 is 0 Å². The standard InChI is InChI=1S/C14H29NO2S.3CH4/c1-12(2,3)14(7)9-11(14)10-15(13(4,5)6)18(8,16)17;;;/h11H,9-10H2,1-8H3;3*1H4/t11-,14-;;;/m1.../s1. The molecule has 1 saturated carbocycles. The third-order valence-corrected chi connectivity index (χ3v) is 6.16. The van der Waals surface area contributed by atoms with E-state index in [1.807, 2.05) is 20.8 Å². The summed E-state index contributed by atoms with van der Waals surface area (Å²) in [6.45, 7) is 15.6. The molecule has 0 heterocycles. The lowest BCUT2D eigenvalue weighted by Gasteiger charge is -2.35. The third kappa shape index (κ3) is 5.55. The van der Waals surface area contributed by atoms with Crippen molar-refractivity contribution in [2.75, 3.05) is 12.8 Å². The molecule has 0 amide bonds. The molecule has 3 nitrogen and oxygen atoms in total. The fraction of sp³-hybridized carbons (Fsp3) is 1.00. The Morgan fingerprint density at radius 1 is 1.05 bits per heavy atom. The fourth-order valence-electron chi connectivity index (χ4n) is 2.74. The van der Waals surface area contributed by atoms with E-state index in [1.165, 1.54) is 6.26 Å².